The van der Waals surface area contributed by atoms with Crippen LogP contribution in [0.5, 0.6) is 0 Å². The normalized spacial score (nSPS) is 17.0. The number of morpholine rings is 1. The summed E-state index contributed by atoms with van der Waals surface area (Å²) in [6.45, 7) is 7.55. The highest BCUT2D eigenvalue weighted by molar-refractivity contribution is 7.13. The third kappa shape index (κ3) is 2.90. The predicted octanol–water partition coefficient (Wildman–Crippen LogP) is 1.09. The zero-order valence-electron chi connectivity index (χ0n) is 9.03. The quantitative estimate of drug-likeness (QED) is 0.835. The largest absolute Gasteiger partial charge is 0.378 e. The Hall–Kier alpha value is -0.650. The van der Waals surface area contributed by atoms with Gasteiger partial charge in [-0.3, -0.25) is 0 Å². The Morgan fingerprint density at radius 2 is 2.33 bits per heavy atom. The molecule has 0 atom stereocenters. The highest BCUT2D eigenvalue weighted by atomic mass is 32.1. The first-order valence-electron chi connectivity index (χ1n) is 5.38. The van der Waals surface area contributed by atoms with Crippen molar-refractivity contribution in [3.63, 3.8) is 0 Å². The predicted molar refractivity (Wildman–Crippen MR) is 62.5 cm³/mol. The summed E-state index contributed by atoms with van der Waals surface area (Å²) in [5.74, 6) is 0. The Balaban J connectivity index is 1.93. The van der Waals surface area contributed by atoms with Gasteiger partial charge in [0.2, 0.25) is 0 Å². The van der Waals surface area contributed by atoms with Gasteiger partial charge in [0.15, 0.2) is 5.13 Å². The topological polar surface area (TPSA) is 37.4 Å². The van der Waals surface area contributed by atoms with Gasteiger partial charge in [0.25, 0.3) is 0 Å². The monoisotopic (exact) mass is 227 g/mol. The van der Waals surface area contributed by atoms with Gasteiger partial charge >= 0.3 is 0 Å². The van der Waals surface area contributed by atoms with Crippen LogP contribution in [0.2, 0.25) is 0 Å². The number of rotatable bonds is 4. The van der Waals surface area contributed by atoms with Gasteiger partial charge < -0.3 is 15.0 Å². The fourth-order valence-corrected chi connectivity index (χ4v) is 2.41. The highest BCUT2D eigenvalue weighted by Crippen LogP contribution is 2.21. The van der Waals surface area contributed by atoms with E-state index < -0.39 is 0 Å². The van der Waals surface area contributed by atoms with Crippen molar-refractivity contribution in [3.8, 4) is 0 Å². The van der Waals surface area contributed by atoms with E-state index >= 15 is 0 Å². The van der Waals surface area contributed by atoms with E-state index in [-0.39, 0.29) is 0 Å². The summed E-state index contributed by atoms with van der Waals surface area (Å²) in [5.41, 5.74) is 1.14. The zero-order valence-corrected chi connectivity index (χ0v) is 9.85. The van der Waals surface area contributed by atoms with E-state index in [0.717, 1.165) is 50.2 Å². The third-order valence-corrected chi connectivity index (χ3v) is 3.33. The Kier molecular flexibility index (Phi) is 3.94. The molecule has 0 radical (unpaired) electrons. The van der Waals surface area contributed by atoms with Crippen LogP contribution in [0.3, 0.4) is 0 Å². The molecular weight excluding hydrogens is 210 g/mol. The lowest BCUT2D eigenvalue weighted by atomic mass is 10.4. The van der Waals surface area contributed by atoms with Crippen LogP contribution in [0.4, 0.5) is 5.13 Å². The molecule has 0 saturated carbocycles. The molecule has 0 aliphatic carbocycles. The van der Waals surface area contributed by atoms with E-state index in [1.165, 1.54) is 0 Å². The van der Waals surface area contributed by atoms with Crippen LogP contribution in [0.25, 0.3) is 0 Å². The lowest BCUT2D eigenvalue weighted by Gasteiger charge is -2.26. The van der Waals surface area contributed by atoms with Crippen molar-refractivity contribution in [3.05, 3.63) is 11.1 Å². The molecule has 15 heavy (non-hydrogen) atoms. The highest BCUT2D eigenvalue weighted by Gasteiger charge is 2.14. The molecule has 1 saturated heterocycles. The summed E-state index contributed by atoms with van der Waals surface area (Å²) in [4.78, 5) is 6.89. The van der Waals surface area contributed by atoms with E-state index in [1.54, 1.807) is 11.3 Å². The van der Waals surface area contributed by atoms with Gasteiger partial charge in [0.05, 0.1) is 18.9 Å². The summed E-state index contributed by atoms with van der Waals surface area (Å²) >= 11 is 1.73. The summed E-state index contributed by atoms with van der Waals surface area (Å²) in [6.07, 6.45) is 0. The van der Waals surface area contributed by atoms with Crippen LogP contribution in [0.1, 0.15) is 12.6 Å². The number of nitrogens with one attached hydrogen (secondary N) is 1. The summed E-state index contributed by atoms with van der Waals surface area (Å²) in [6, 6.07) is 0. The molecule has 1 aromatic heterocycles. The smallest absolute Gasteiger partial charge is 0.185 e. The molecule has 0 unspecified atom stereocenters. The van der Waals surface area contributed by atoms with Crippen molar-refractivity contribution in [2.24, 2.45) is 0 Å². The summed E-state index contributed by atoms with van der Waals surface area (Å²) in [7, 11) is 0. The average molecular weight is 227 g/mol. The fourth-order valence-electron chi connectivity index (χ4n) is 1.53. The average Bonchev–Trinajstić information content (AvgIpc) is 2.76. The SMILES string of the molecule is CCNCc1csc(N2CCOCC2)n1. The molecule has 0 aromatic carbocycles. The molecule has 1 aliphatic heterocycles. The van der Waals surface area contributed by atoms with Crippen molar-refractivity contribution in [2.75, 3.05) is 37.7 Å². The zero-order chi connectivity index (χ0) is 10.5. The molecule has 1 aliphatic rings. The fraction of sp³-hybridized carbons (Fsp3) is 0.700. The van der Waals surface area contributed by atoms with Gasteiger partial charge in [-0.05, 0) is 6.54 Å². The molecule has 84 valence electrons. The molecule has 2 heterocycles. The number of thiazole rings is 1. The van der Waals surface area contributed by atoms with Gasteiger partial charge in [-0.1, -0.05) is 6.92 Å². The van der Waals surface area contributed by atoms with Gasteiger partial charge in [-0.25, -0.2) is 4.98 Å². The maximum Gasteiger partial charge on any atom is 0.185 e. The lowest BCUT2D eigenvalue weighted by molar-refractivity contribution is 0.122. The molecule has 2 rings (SSSR count). The number of hydrogen-bond donors (Lipinski definition) is 1. The molecule has 1 aromatic rings. The Morgan fingerprint density at radius 3 is 3.07 bits per heavy atom. The summed E-state index contributed by atoms with van der Waals surface area (Å²) < 4.78 is 5.32. The van der Waals surface area contributed by atoms with Gasteiger partial charge in [-0.2, -0.15) is 0 Å². The van der Waals surface area contributed by atoms with E-state index in [2.05, 4.69) is 27.5 Å². The number of aromatic nitrogens is 1. The third-order valence-electron chi connectivity index (χ3n) is 2.38. The minimum absolute atomic E-state index is 0.822. The molecule has 4 nitrogen and oxygen atoms in total. The van der Waals surface area contributed by atoms with Crippen LogP contribution in [-0.4, -0.2) is 37.8 Å². The molecule has 0 amide bonds. The minimum atomic E-state index is 0.822. The molecule has 0 bridgehead atoms. The second-order valence-electron chi connectivity index (χ2n) is 3.50. The van der Waals surface area contributed by atoms with E-state index in [1.807, 2.05) is 0 Å². The standard InChI is InChI=1S/C10H17N3OS/c1-2-11-7-9-8-15-10(12-9)13-3-5-14-6-4-13/h8,11H,2-7H2,1H3. The lowest BCUT2D eigenvalue weighted by Crippen LogP contribution is -2.36. The van der Waals surface area contributed by atoms with Crippen LogP contribution in [-0.2, 0) is 11.3 Å². The van der Waals surface area contributed by atoms with Crippen LogP contribution in [0, 0.1) is 0 Å². The van der Waals surface area contributed by atoms with E-state index in [0.29, 0.717) is 0 Å². The van der Waals surface area contributed by atoms with Crippen LogP contribution in [0.15, 0.2) is 5.38 Å². The number of hydrogen-bond acceptors (Lipinski definition) is 5. The molecule has 0 spiro atoms. The van der Waals surface area contributed by atoms with Gasteiger partial charge in [0, 0.05) is 25.0 Å². The first-order chi connectivity index (χ1) is 7.40. The maximum absolute atomic E-state index is 5.32. The Bertz CT molecular complexity index is 297. The van der Waals surface area contributed by atoms with Crippen LogP contribution >= 0.6 is 11.3 Å². The first-order valence-corrected chi connectivity index (χ1v) is 6.26. The van der Waals surface area contributed by atoms with Crippen LogP contribution < -0.4 is 10.2 Å². The van der Waals surface area contributed by atoms with Crippen molar-refractivity contribution in [1.82, 2.24) is 10.3 Å². The maximum atomic E-state index is 5.32. The molecular formula is C10H17N3OS. The Labute approximate surface area is 94.3 Å². The molecule has 1 N–H and O–H groups in total. The summed E-state index contributed by atoms with van der Waals surface area (Å²) in [5, 5.41) is 6.54. The van der Waals surface area contributed by atoms with E-state index in [4.69, 9.17) is 4.74 Å². The van der Waals surface area contributed by atoms with Crippen molar-refractivity contribution < 1.29 is 4.74 Å². The number of ether oxygens (including phenoxy) is 1. The van der Waals surface area contributed by atoms with Gasteiger partial charge in [-0.15, -0.1) is 11.3 Å². The van der Waals surface area contributed by atoms with Crippen molar-refractivity contribution in [2.45, 2.75) is 13.5 Å². The van der Waals surface area contributed by atoms with Gasteiger partial charge in [0.1, 0.15) is 0 Å². The number of anilines is 1. The second kappa shape index (κ2) is 5.44. The second-order valence-corrected chi connectivity index (χ2v) is 4.34. The van der Waals surface area contributed by atoms with Crippen molar-refractivity contribution in [1.29, 1.82) is 0 Å². The minimum Gasteiger partial charge on any atom is -0.378 e. The molecule has 1 fully saturated rings. The van der Waals surface area contributed by atoms with E-state index in [9.17, 15) is 0 Å². The number of nitrogens with zero attached hydrogens (tertiary/aromatic N) is 2. The Morgan fingerprint density at radius 1 is 1.53 bits per heavy atom. The first kappa shape index (κ1) is 10.9. The molecule has 5 heteroatoms. The van der Waals surface area contributed by atoms with Crippen molar-refractivity contribution >= 4 is 16.5 Å².